The van der Waals surface area contributed by atoms with Crippen molar-refractivity contribution < 1.29 is 9.53 Å². The Morgan fingerprint density at radius 1 is 1.00 bits per heavy atom. The molecular weight excluding hydrogens is 415 g/mol. The molecule has 3 aliphatic heterocycles. The Bertz CT molecular complexity index is 934. The van der Waals surface area contributed by atoms with Crippen molar-refractivity contribution in [1.82, 2.24) is 10.0 Å². The van der Waals surface area contributed by atoms with Crippen molar-refractivity contribution in [2.45, 2.75) is 16.5 Å². The number of alkyl halides is 1. The Hall–Kier alpha value is -1.53. The largest absolute Gasteiger partial charge is 0.442 e. The highest BCUT2D eigenvalue weighted by Gasteiger charge is 2.72. The number of hydrogen-bond acceptors (Lipinski definition) is 4. The van der Waals surface area contributed by atoms with Gasteiger partial charge in [-0.25, -0.2) is 5.01 Å². The van der Waals surface area contributed by atoms with E-state index in [0.29, 0.717) is 15.9 Å². The van der Waals surface area contributed by atoms with Crippen LogP contribution >= 0.6 is 46.6 Å². The summed E-state index contributed by atoms with van der Waals surface area (Å²) >= 11 is 20.0. The number of nitrogens with zero attached hydrogens (tertiary/aromatic N) is 2. The zero-order chi connectivity index (χ0) is 18.1. The van der Waals surface area contributed by atoms with Crippen LogP contribution in [0.5, 0.6) is 0 Å². The van der Waals surface area contributed by atoms with Crippen LogP contribution in [0, 0.1) is 0 Å². The molecule has 2 fully saturated rings. The van der Waals surface area contributed by atoms with Crippen LogP contribution in [-0.2, 0) is 15.3 Å². The monoisotopic (exact) mass is 424 g/mol. The van der Waals surface area contributed by atoms with Crippen molar-refractivity contribution in [3.8, 4) is 0 Å². The summed E-state index contributed by atoms with van der Waals surface area (Å²) in [5.74, 6) is 0.424. The first-order chi connectivity index (χ1) is 12.5. The fourth-order valence-electron chi connectivity index (χ4n) is 3.49. The second-order valence-electron chi connectivity index (χ2n) is 6.16. The van der Waals surface area contributed by atoms with E-state index in [-0.39, 0.29) is 11.3 Å². The molecule has 1 amide bonds. The maximum Gasteiger partial charge on any atom is 0.269 e. The molecule has 5 rings (SSSR count). The van der Waals surface area contributed by atoms with Gasteiger partial charge in [-0.15, -0.1) is 11.6 Å². The summed E-state index contributed by atoms with van der Waals surface area (Å²) in [6.07, 6.45) is 0. The van der Waals surface area contributed by atoms with E-state index in [2.05, 4.69) is 0 Å². The summed E-state index contributed by atoms with van der Waals surface area (Å²) in [4.78, 5) is 12.7. The molecule has 3 aliphatic rings. The van der Waals surface area contributed by atoms with E-state index >= 15 is 0 Å². The number of hydrogen-bond donors (Lipinski definition) is 0. The SMILES string of the molecule is O=C1[C@@H](Cl)[C@@]2(c3ccc(Cl)cc3)OC3=CS[C@@H](c4ccc(Cl)cc4)N3N12. The fourth-order valence-corrected chi connectivity index (χ4v) is 5.12. The van der Waals surface area contributed by atoms with E-state index in [9.17, 15) is 4.79 Å². The number of rotatable bonds is 2. The summed E-state index contributed by atoms with van der Waals surface area (Å²) in [5, 5.41) is 5.74. The van der Waals surface area contributed by atoms with Gasteiger partial charge in [0.25, 0.3) is 11.6 Å². The molecule has 8 heteroatoms. The minimum atomic E-state index is -1.04. The van der Waals surface area contributed by atoms with E-state index < -0.39 is 11.1 Å². The number of hydrazine groups is 1. The van der Waals surface area contributed by atoms with Crippen LogP contribution in [-0.4, -0.2) is 21.3 Å². The predicted molar refractivity (Wildman–Crippen MR) is 102 cm³/mol. The highest BCUT2D eigenvalue weighted by Crippen LogP contribution is 2.60. The lowest BCUT2D eigenvalue weighted by molar-refractivity contribution is -0.206. The predicted octanol–water partition coefficient (Wildman–Crippen LogP) is 5.09. The highest BCUT2D eigenvalue weighted by molar-refractivity contribution is 8.02. The lowest BCUT2D eigenvalue weighted by Crippen LogP contribution is -2.70. The molecule has 0 saturated carbocycles. The number of ether oxygens (including phenoxy) is 1. The van der Waals surface area contributed by atoms with Crippen molar-refractivity contribution in [2.75, 3.05) is 0 Å². The van der Waals surface area contributed by atoms with E-state index in [4.69, 9.17) is 39.5 Å². The molecule has 0 aliphatic carbocycles. The molecule has 3 atom stereocenters. The molecule has 0 N–H and O–H groups in total. The molecule has 3 heterocycles. The fraction of sp³-hybridized carbons (Fsp3) is 0.167. The average Bonchev–Trinajstić information content (AvgIpc) is 3.17. The Morgan fingerprint density at radius 3 is 2.27 bits per heavy atom. The Labute approximate surface area is 169 Å². The average molecular weight is 426 g/mol. The molecular formula is C18H11Cl3N2O2S. The van der Waals surface area contributed by atoms with Crippen LogP contribution in [0.25, 0.3) is 0 Å². The molecule has 2 saturated heterocycles. The van der Waals surface area contributed by atoms with Crippen molar-refractivity contribution in [3.63, 3.8) is 0 Å². The van der Waals surface area contributed by atoms with Gasteiger partial charge in [-0.1, -0.05) is 59.2 Å². The Balaban J connectivity index is 1.57. The van der Waals surface area contributed by atoms with Crippen molar-refractivity contribution >= 4 is 52.5 Å². The molecule has 4 nitrogen and oxygen atoms in total. The van der Waals surface area contributed by atoms with Crippen LogP contribution < -0.4 is 0 Å². The van der Waals surface area contributed by atoms with E-state index in [1.165, 1.54) is 0 Å². The quantitative estimate of drug-likeness (QED) is 0.496. The molecule has 0 spiro atoms. The first-order valence-corrected chi connectivity index (χ1v) is 9.99. The summed E-state index contributed by atoms with van der Waals surface area (Å²) in [5.41, 5.74) is 0.768. The molecule has 0 bridgehead atoms. The van der Waals surface area contributed by atoms with Gasteiger partial charge in [0, 0.05) is 21.0 Å². The van der Waals surface area contributed by atoms with Crippen LogP contribution in [0.3, 0.4) is 0 Å². The smallest absolute Gasteiger partial charge is 0.269 e. The second-order valence-corrected chi connectivity index (χ2v) is 8.42. The number of thioether (sulfide) groups is 1. The van der Waals surface area contributed by atoms with Gasteiger partial charge in [0.1, 0.15) is 5.37 Å². The van der Waals surface area contributed by atoms with E-state index in [1.807, 2.05) is 46.8 Å². The normalized spacial score (nSPS) is 29.0. The minimum absolute atomic E-state index is 0.121. The topological polar surface area (TPSA) is 32.8 Å². The summed E-state index contributed by atoms with van der Waals surface area (Å²) in [7, 11) is 0. The number of β-lactam (4-membered cyclic amide) rings is 1. The van der Waals surface area contributed by atoms with Crippen LogP contribution in [0.2, 0.25) is 10.0 Å². The Kier molecular flexibility index (Phi) is 3.67. The molecule has 132 valence electrons. The van der Waals surface area contributed by atoms with Crippen LogP contribution in [0.15, 0.2) is 59.8 Å². The highest BCUT2D eigenvalue weighted by atomic mass is 35.5. The van der Waals surface area contributed by atoms with Crippen LogP contribution in [0.4, 0.5) is 0 Å². The van der Waals surface area contributed by atoms with Gasteiger partial charge in [0.2, 0.25) is 5.88 Å². The molecule has 0 unspecified atom stereocenters. The third-order valence-electron chi connectivity index (χ3n) is 4.72. The number of carbonyl (C=O) groups is 1. The third kappa shape index (κ3) is 2.09. The number of benzene rings is 2. The van der Waals surface area contributed by atoms with E-state index in [0.717, 1.165) is 11.1 Å². The maximum atomic E-state index is 12.7. The van der Waals surface area contributed by atoms with Gasteiger partial charge in [0.05, 0.1) is 0 Å². The first-order valence-electron chi connectivity index (χ1n) is 7.86. The Morgan fingerprint density at radius 2 is 1.62 bits per heavy atom. The molecule has 26 heavy (non-hydrogen) atoms. The second kappa shape index (κ2) is 5.73. The van der Waals surface area contributed by atoms with Gasteiger partial charge in [-0.05, 0) is 29.8 Å². The number of amides is 1. The van der Waals surface area contributed by atoms with Gasteiger partial charge >= 0.3 is 0 Å². The number of carbonyl (C=O) groups excluding carboxylic acids is 1. The third-order valence-corrected chi connectivity index (χ3v) is 6.77. The van der Waals surface area contributed by atoms with Crippen LogP contribution in [0.1, 0.15) is 16.5 Å². The molecule has 2 aromatic carbocycles. The van der Waals surface area contributed by atoms with Crippen molar-refractivity contribution in [2.24, 2.45) is 0 Å². The van der Waals surface area contributed by atoms with Gasteiger partial charge < -0.3 is 4.74 Å². The van der Waals surface area contributed by atoms with Gasteiger partial charge in [-0.3, -0.25) is 4.79 Å². The molecule has 2 aromatic rings. The zero-order valence-corrected chi connectivity index (χ0v) is 16.2. The zero-order valence-electron chi connectivity index (χ0n) is 13.1. The van der Waals surface area contributed by atoms with Crippen molar-refractivity contribution in [1.29, 1.82) is 0 Å². The molecule has 0 aromatic heterocycles. The summed E-state index contributed by atoms with van der Waals surface area (Å²) in [6, 6.07) is 14.8. The maximum absolute atomic E-state index is 12.7. The van der Waals surface area contributed by atoms with Gasteiger partial charge in [0.15, 0.2) is 5.38 Å². The summed E-state index contributed by atoms with van der Waals surface area (Å²) in [6.45, 7) is 0. The lowest BCUT2D eigenvalue weighted by Gasteiger charge is -2.50. The van der Waals surface area contributed by atoms with Crippen molar-refractivity contribution in [3.05, 3.63) is 81.0 Å². The first kappa shape index (κ1) is 16.6. The minimum Gasteiger partial charge on any atom is -0.442 e. The summed E-state index contributed by atoms with van der Waals surface area (Å²) < 4.78 is 6.23. The van der Waals surface area contributed by atoms with Gasteiger partial charge in [-0.2, -0.15) is 5.01 Å². The number of fused-ring (bicyclic) bond motifs is 3. The number of halogens is 3. The molecule has 0 radical (unpaired) electrons. The standard InChI is InChI=1S/C18H11Cl3N2O2S/c19-12-5-1-10(2-6-12)17-22-14(9-26-17)25-18(15(21)16(24)23(18)22)11-3-7-13(20)8-4-11/h1-9,15,17H/t15-,17+,18-/m1/s1. The van der Waals surface area contributed by atoms with E-state index in [1.54, 1.807) is 28.9 Å². The lowest BCUT2D eigenvalue weighted by atomic mass is 9.90.